The minimum absolute atomic E-state index is 0.0274. The van der Waals surface area contributed by atoms with E-state index in [0.29, 0.717) is 29.9 Å². The monoisotopic (exact) mass is 365 g/mol. The average Bonchev–Trinajstić information content (AvgIpc) is 3.27. The van der Waals surface area contributed by atoms with E-state index in [1.165, 1.54) is 0 Å². The van der Waals surface area contributed by atoms with E-state index in [2.05, 4.69) is 19.9 Å². The van der Waals surface area contributed by atoms with E-state index in [0.717, 1.165) is 36.2 Å². The molecule has 0 spiro atoms. The number of para-hydroxylation sites is 2. The highest BCUT2D eigenvalue weighted by Gasteiger charge is 2.32. The Balaban J connectivity index is 1.50. The number of aryl methyl sites for hydroxylation is 2. The number of carbonyl (C=O) groups is 1. The van der Waals surface area contributed by atoms with Gasteiger partial charge in [0.1, 0.15) is 11.6 Å². The fraction of sp³-hybridized carbons (Fsp3) is 0.400. The van der Waals surface area contributed by atoms with E-state index in [1.54, 1.807) is 6.92 Å². The first kappa shape index (κ1) is 17.5. The molecule has 0 bridgehead atoms. The predicted octanol–water partition coefficient (Wildman–Crippen LogP) is 2.56. The van der Waals surface area contributed by atoms with E-state index < -0.39 is 0 Å². The molecule has 1 saturated heterocycles. The van der Waals surface area contributed by atoms with Crippen LogP contribution in [-0.4, -0.2) is 37.3 Å². The number of nitrogens with zero attached hydrogens (tertiary/aromatic N) is 3. The van der Waals surface area contributed by atoms with Gasteiger partial charge in [-0.15, -0.1) is 0 Å². The first-order valence-corrected chi connectivity index (χ1v) is 9.33. The van der Waals surface area contributed by atoms with Crippen molar-refractivity contribution < 1.29 is 4.79 Å². The van der Waals surface area contributed by atoms with Gasteiger partial charge in [-0.25, -0.2) is 9.97 Å². The normalized spacial score (nSPS) is 17.0. The summed E-state index contributed by atoms with van der Waals surface area (Å²) in [6.07, 6.45) is 2.55. The number of hydrogen-bond acceptors (Lipinski definition) is 4. The Hall–Kier alpha value is -2.96. The molecule has 1 aliphatic heterocycles. The van der Waals surface area contributed by atoms with E-state index in [-0.39, 0.29) is 17.5 Å². The molecule has 1 fully saturated rings. The second-order valence-corrected chi connectivity index (χ2v) is 7.10. The number of aromatic nitrogens is 4. The number of H-pyrrole nitrogens is 2. The lowest BCUT2D eigenvalue weighted by Crippen LogP contribution is -2.32. The lowest BCUT2D eigenvalue weighted by molar-refractivity contribution is -0.132. The van der Waals surface area contributed by atoms with Gasteiger partial charge < -0.3 is 14.9 Å². The van der Waals surface area contributed by atoms with Crippen LogP contribution in [0.15, 0.2) is 29.1 Å². The SMILES string of the molecule is Cc1nc(C)c(CCC(=O)N2CCCC2c2nc3ccccc3[nH]2)c(=O)[nH]1. The van der Waals surface area contributed by atoms with Crippen molar-refractivity contribution in [2.75, 3.05) is 6.54 Å². The van der Waals surface area contributed by atoms with Crippen molar-refractivity contribution in [3.05, 3.63) is 57.5 Å². The maximum Gasteiger partial charge on any atom is 0.254 e. The summed E-state index contributed by atoms with van der Waals surface area (Å²) >= 11 is 0. The Morgan fingerprint density at radius 3 is 2.81 bits per heavy atom. The van der Waals surface area contributed by atoms with Crippen molar-refractivity contribution in [1.29, 1.82) is 0 Å². The number of rotatable bonds is 4. The molecule has 7 nitrogen and oxygen atoms in total. The third-order valence-corrected chi connectivity index (χ3v) is 5.23. The van der Waals surface area contributed by atoms with Gasteiger partial charge in [0.25, 0.3) is 5.56 Å². The Morgan fingerprint density at radius 2 is 2.04 bits per heavy atom. The van der Waals surface area contributed by atoms with Crippen molar-refractivity contribution >= 4 is 16.9 Å². The minimum Gasteiger partial charge on any atom is -0.340 e. The Kier molecular flexibility index (Phi) is 4.51. The predicted molar refractivity (Wildman–Crippen MR) is 102 cm³/mol. The third kappa shape index (κ3) is 3.37. The van der Waals surface area contributed by atoms with Gasteiger partial charge in [0.2, 0.25) is 5.91 Å². The van der Waals surface area contributed by atoms with E-state index >= 15 is 0 Å². The van der Waals surface area contributed by atoms with Gasteiger partial charge in [0, 0.05) is 24.2 Å². The highest BCUT2D eigenvalue weighted by atomic mass is 16.2. The van der Waals surface area contributed by atoms with Crippen molar-refractivity contribution in [3.63, 3.8) is 0 Å². The van der Waals surface area contributed by atoms with Crippen molar-refractivity contribution in [2.45, 2.75) is 45.6 Å². The zero-order valence-electron chi connectivity index (χ0n) is 15.6. The maximum absolute atomic E-state index is 12.9. The molecule has 1 aromatic carbocycles. The van der Waals surface area contributed by atoms with Gasteiger partial charge in [0.15, 0.2) is 0 Å². The maximum atomic E-state index is 12.9. The summed E-state index contributed by atoms with van der Waals surface area (Å²) in [5, 5.41) is 0. The highest BCUT2D eigenvalue weighted by molar-refractivity contribution is 5.78. The molecule has 0 aliphatic carbocycles. The summed E-state index contributed by atoms with van der Waals surface area (Å²) in [7, 11) is 0. The molecule has 2 N–H and O–H groups in total. The van der Waals surface area contributed by atoms with E-state index in [9.17, 15) is 9.59 Å². The number of aromatic amines is 2. The zero-order chi connectivity index (χ0) is 19.0. The number of carbonyl (C=O) groups excluding carboxylic acids is 1. The second-order valence-electron chi connectivity index (χ2n) is 7.10. The van der Waals surface area contributed by atoms with Gasteiger partial charge >= 0.3 is 0 Å². The molecule has 3 aromatic rings. The van der Waals surface area contributed by atoms with Crippen LogP contribution >= 0.6 is 0 Å². The van der Waals surface area contributed by atoms with Gasteiger partial charge in [0.05, 0.1) is 17.1 Å². The van der Waals surface area contributed by atoms with Gasteiger partial charge in [-0.3, -0.25) is 9.59 Å². The zero-order valence-corrected chi connectivity index (χ0v) is 15.6. The summed E-state index contributed by atoms with van der Waals surface area (Å²) in [6.45, 7) is 4.29. The molecule has 1 atom stereocenters. The van der Waals surface area contributed by atoms with Crippen LogP contribution in [0.1, 0.15) is 48.2 Å². The quantitative estimate of drug-likeness (QED) is 0.743. The molecule has 3 heterocycles. The van der Waals surface area contributed by atoms with Gasteiger partial charge in [-0.05, 0) is 45.2 Å². The first-order valence-electron chi connectivity index (χ1n) is 9.33. The number of nitrogens with one attached hydrogen (secondary N) is 2. The molecule has 1 unspecified atom stereocenters. The molecule has 1 aliphatic rings. The number of benzene rings is 1. The molecule has 1 amide bonds. The fourth-order valence-electron chi connectivity index (χ4n) is 3.90. The Labute approximate surface area is 156 Å². The van der Waals surface area contributed by atoms with Crippen LogP contribution in [-0.2, 0) is 11.2 Å². The number of imidazole rings is 1. The number of likely N-dealkylation sites (tertiary alicyclic amines) is 1. The molecular weight excluding hydrogens is 342 g/mol. The lowest BCUT2D eigenvalue weighted by atomic mass is 10.1. The Morgan fingerprint density at radius 1 is 1.22 bits per heavy atom. The summed E-state index contributed by atoms with van der Waals surface area (Å²) in [5.74, 6) is 1.49. The molecular formula is C20H23N5O2. The standard InChI is InChI=1S/C20H23N5O2/c1-12-14(20(27)22-13(2)21-12)9-10-18(26)25-11-5-8-17(25)19-23-15-6-3-4-7-16(15)24-19/h3-4,6-7,17H,5,8-11H2,1-2H3,(H,23,24)(H,21,22,27). The highest BCUT2D eigenvalue weighted by Crippen LogP contribution is 2.32. The number of hydrogen-bond donors (Lipinski definition) is 2. The minimum atomic E-state index is -0.150. The van der Waals surface area contributed by atoms with Gasteiger partial charge in [-0.2, -0.15) is 0 Å². The summed E-state index contributed by atoms with van der Waals surface area (Å²) in [6, 6.07) is 7.86. The molecule has 7 heteroatoms. The first-order chi connectivity index (χ1) is 13.0. The van der Waals surface area contributed by atoms with Crippen LogP contribution in [0.2, 0.25) is 0 Å². The van der Waals surface area contributed by atoms with Crippen LogP contribution in [0.4, 0.5) is 0 Å². The average molecular weight is 365 g/mol. The third-order valence-electron chi connectivity index (χ3n) is 5.23. The van der Waals surface area contributed by atoms with Crippen molar-refractivity contribution in [1.82, 2.24) is 24.8 Å². The second kappa shape index (κ2) is 6.98. The smallest absolute Gasteiger partial charge is 0.254 e. The molecule has 0 radical (unpaired) electrons. The van der Waals surface area contributed by atoms with Crippen LogP contribution in [0.5, 0.6) is 0 Å². The molecule has 2 aromatic heterocycles. The number of fused-ring (bicyclic) bond motifs is 1. The summed E-state index contributed by atoms with van der Waals surface area (Å²) < 4.78 is 0. The summed E-state index contributed by atoms with van der Waals surface area (Å²) in [4.78, 5) is 41.9. The largest absolute Gasteiger partial charge is 0.340 e. The van der Waals surface area contributed by atoms with E-state index in [1.807, 2.05) is 36.1 Å². The van der Waals surface area contributed by atoms with Gasteiger partial charge in [-0.1, -0.05) is 12.1 Å². The lowest BCUT2D eigenvalue weighted by Gasteiger charge is -2.23. The van der Waals surface area contributed by atoms with Crippen LogP contribution < -0.4 is 5.56 Å². The van der Waals surface area contributed by atoms with Crippen molar-refractivity contribution in [2.24, 2.45) is 0 Å². The molecule has 27 heavy (non-hydrogen) atoms. The van der Waals surface area contributed by atoms with Crippen LogP contribution in [0, 0.1) is 13.8 Å². The molecule has 140 valence electrons. The number of amides is 1. The summed E-state index contributed by atoms with van der Waals surface area (Å²) in [5.41, 5.74) is 3.04. The van der Waals surface area contributed by atoms with Crippen LogP contribution in [0.3, 0.4) is 0 Å². The topological polar surface area (TPSA) is 94.7 Å². The molecule has 4 rings (SSSR count). The fourth-order valence-corrected chi connectivity index (χ4v) is 3.90. The Bertz CT molecular complexity index is 1020. The van der Waals surface area contributed by atoms with E-state index in [4.69, 9.17) is 0 Å². The van der Waals surface area contributed by atoms with Crippen molar-refractivity contribution in [3.8, 4) is 0 Å². The van der Waals surface area contributed by atoms with Crippen LogP contribution in [0.25, 0.3) is 11.0 Å². The molecule has 0 saturated carbocycles.